The van der Waals surface area contributed by atoms with Gasteiger partial charge in [0.2, 0.25) is 5.91 Å². The van der Waals surface area contributed by atoms with Crippen LogP contribution in [0.1, 0.15) is 19.5 Å². The Bertz CT molecular complexity index is 619. The molecule has 0 radical (unpaired) electrons. The van der Waals surface area contributed by atoms with Crippen LogP contribution in [0.3, 0.4) is 0 Å². The molecule has 0 spiro atoms. The third kappa shape index (κ3) is 3.76. The number of nitrogens with zero attached hydrogens (tertiary/aromatic N) is 3. The molecule has 0 bridgehead atoms. The van der Waals surface area contributed by atoms with Crippen LogP contribution < -0.4 is 5.32 Å². The first kappa shape index (κ1) is 16.1. The molecular formula is C10H16N4O5S. The quantitative estimate of drug-likeness (QED) is 0.675. The average Bonchev–Trinajstić information content (AvgIpc) is 2.71. The van der Waals surface area contributed by atoms with Gasteiger partial charge in [0, 0.05) is 6.26 Å². The zero-order chi connectivity index (χ0) is 15.6. The van der Waals surface area contributed by atoms with Gasteiger partial charge in [0.1, 0.15) is 17.0 Å². The zero-order valence-electron chi connectivity index (χ0n) is 11.3. The van der Waals surface area contributed by atoms with Crippen molar-refractivity contribution in [3.05, 3.63) is 11.9 Å². The summed E-state index contributed by atoms with van der Waals surface area (Å²) in [6.07, 6.45) is 2.34. The zero-order valence-corrected chi connectivity index (χ0v) is 12.1. The second kappa shape index (κ2) is 5.57. The third-order valence-corrected chi connectivity index (χ3v) is 4.83. The van der Waals surface area contributed by atoms with Gasteiger partial charge in [0.15, 0.2) is 9.84 Å². The number of aromatic nitrogens is 3. The van der Waals surface area contributed by atoms with Crippen LogP contribution in [0, 0.1) is 0 Å². The van der Waals surface area contributed by atoms with E-state index in [-0.39, 0.29) is 13.1 Å². The molecule has 20 heavy (non-hydrogen) atoms. The molecule has 0 aromatic carbocycles. The number of carboxylic acid groups (broad SMARTS) is 1. The van der Waals surface area contributed by atoms with E-state index in [0.717, 1.165) is 10.9 Å². The Morgan fingerprint density at radius 3 is 2.55 bits per heavy atom. The number of hydrogen-bond acceptors (Lipinski definition) is 6. The highest BCUT2D eigenvalue weighted by atomic mass is 32.2. The van der Waals surface area contributed by atoms with E-state index in [9.17, 15) is 18.0 Å². The minimum absolute atomic E-state index is 0.0304. The minimum Gasteiger partial charge on any atom is -0.480 e. The van der Waals surface area contributed by atoms with E-state index in [1.807, 2.05) is 0 Å². The molecule has 1 aromatic heterocycles. The van der Waals surface area contributed by atoms with E-state index in [1.54, 1.807) is 0 Å². The number of aliphatic carboxylic acids is 1. The summed E-state index contributed by atoms with van der Waals surface area (Å²) < 4.78 is 22.5. The van der Waals surface area contributed by atoms with Crippen molar-refractivity contribution in [2.45, 2.75) is 31.7 Å². The molecule has 0 aliphatic carbocycles. The average molecular weight is 304 g/mol. The monoisotopic (exact) mass is 304 g/mol. The topological polar surface area (TPSA) is 131 Å². The SMILES string of the molecule is CC(C)(C(=O)NCc1cn(CC(=O)O)nn1)S(C)(=O)=O. The number of sulfone groups is 1. The first-order valence-corrected chi connectivity index (χ1v) is 7.52. The number of carboxylic acids is 1. The maximum Gasteiger partial charge on any atom is 0.325 e. The molecule has 0 fully saturated rings. The van der Waals surface area contributed by atoms with E-state index in [1.165, 1.54) is 20.0 Å². The van der Waals surface area contributed by atoms with Crippen LogP contribution in [0.15, 0.2) is 6.20 Å². The Kier molecular flexibility index (Phi) is 4.48. The van der Waals surface area contributed by atoms with Crippen molar-refractivity contribution in [3.63, 3.8) is 0 Å². The van der Waals surface area contributed by atoms with Gasteiger partial charge >= 0.3 is 5.97 Å². The van der Waals surface area contributed by atoms with Crippen LogP contribution in [0.2, 0.25) is 0 Å². The van der Waals surface area contributed by atoms with Crippen LogP contribution in [0.5, 0.6) is 0 Å². The van der Waals surface area contributed by atoms with Crippen molar-refractivity contribution in [1.82, 2.24) is 20.3 Å². The first-order valence-electron chi connectivity index (χ1n) is 5.62. The summed E-state index contributed by atoms with van der Waals surface area (Å²) >= 11 is 0. The molecule has 0 atom stereocenters. The smallest absolute Gasteiger partial charge is 0.325 e. The fourth-order valence-electron chi connectivity index (χ4n) is 1.19. The summed E-state index contributed by atoms with van der Waals surface area (Å²) in [6.45, 7) is 2.24. The van der Waals surface area contributed by atoms with Crippen LogP contribution >= 0.6 is 0 Å². The van der Waals surface area contributed by atoms with Gasteiger partial charge in [-0.2, -0.15) is 0 Å². The predicted octanol–water partition coefficient (Wildman–Crippen LogP) is -1.20. The van der Waals surface area contributed by atoms with Gasteiger partial charge in [-0.3, -0.25) is 9.59 Å². The van der Waals surface area contributed by atoms with Crippen molar-refractivity contribution in [1.29, 1.82) is 0 Å². The summed E-state index contributed by atoms with van der Waals surface area (Å²) in [5.41, 5.74) is 0.337. The maximum absolute atomic E-state index is 11.8. The van der Waals surface area contributed by atoms with Crippen LogP contribution in [-0.4, -0.2) is 51.4 Å². The summed E-state index contributed by atoms with van der Waals surface area (Å²) in [7, 11) is -3.55. The van der Waals surface area contributed by atoms with E-state index in [2.05, 4.69) is 15.6 Å². The van der Waals surface area contributed by atoms with Crippen molar-refractivity contribution in [2.24, 2.45) is 0 Å². The van der Waals surface area contributed by atoms with Crippen molar-refractivity contribution < 1.29 is 23.1 Å². The van der Waals surface area contributed by atoms with Crippen molar-refractivity contribution >= 4 is 21.7 Å². The largest absolute Gasteiger partial charge is 0.480 e. The molecule has 1 aromatic rings. The van der Waals surface area contributed by atoms with Gasteiger partial charge in [-0.15, -0.1) is 5.10 Å². The third-order valence-electron chi connectivity index (χ3n) is 2.79. The molecule has 112 valence electrons. The summed E-state index contributed by atoms with van der Waals surface area (Å²) in [5.74, 6) is -1.73. The first-order chi connectivity index (χ1) is 9.04. The second-order valence-electron chi connectivity index (χ2n) is 4.77. The number of carbonyl (C=O) groups excluding carboxylic acids is 1. The Hall–Kier alpha value is -1.97. The minimum atomic E-state index is -3.55. The number of carbonyl (C=O) groups is 2. The number of amides is 1. The molecule has 0 unspecified atom stereocenters. The summed E-state index contributed by atoms with van der Waals surface area (Å²) in [5, 5.41) is 18.2. The van der Waals surface area contributed by atoms with E-state index < -0.39 is 26.5 Å². The van der Waals surface area contributed by atoms with Gasteiger partial charge in [-0.05, 0) is 13.8 Å². The van der Waals surface area contributed by atoms with Crippen molar-refractivity contribution in [2.75, 3.05) is 6.26 Å². The van der Waals surface area contributed by atoms with Crippen LogP contribution in [-0.2, 0) is 32.5 Å². The molecule has 2 N–H and O–H groups in total. The highest BCUT2D eigenvalue weighted by Gasteiger charge is 2.38. The summed E-state index contributed by atoms with van der Waals surface area (Å²) in [4.78, 5) is 22.3. The second-order valence-corrected chi connectivity index (χ2v) is 7.33. The number of hydrogen-bond donors (Lipinski definition) is 2. The Labute approximate surface area is 115 Å². The molecule has 10 heteroatoms. The lowest BCUT2D eigenvalue weighted by Gasteiger charge is -2.20. The van der Waals surface area contributed by atoms with E-state index in [4.69, 9.17) is 5.11 Å². The molecule has 1 amide bonds. The molecule has 0 aliphatic heterocycles. The van der Waals surface area contributed by atoms with Crippen molar-refractivity contribution in [3.8, 4) is 0 Å². The van der Waals surface area contributed by atoms with Crippen LogP contribution in [0.4, 0.5) is 0 Å². The lowest BCUT2D eigenvalue weighted by molar-refractivity contribution is -0.138. The lowest BCUT2D eigenvalue weighted by Crippen LogP contribution is -2.47. The van der Waals surface area contributed by atoms with Gasteiger partial charge in [-0.1, -0.05) is 5.21 Å². The standard InChI is InChI=1S/C10H16N4O5S/c1-10(2,20(3,18)19)9(17)11-4-7-5-14(13-12-7)6-8(15)16/h5H,4,6H2,1-3H3,(H,11,17)(H,15,16). The molecule has 9 nitrogen and oxygen atoms in total. The highest BCUT2D eigenvalue weighted by Crippen LogP contribution is 2.15. The van der Waals surface area contributed by atoms with Gasteiger partial charge in [-0.25, -0.2) is 13.1 Å². The highest BCUT2D eigenvalue weighted by molar-refractivity contribution is 7.92. The molecule has 0 saturated heterocycles. The summed E-state index contributed by atoms with van der Waals surface area (Å²) in [6, 6.07) is 0. The Morgan fingerprint density at radius 1 is 1.45 bits per heavy atom. The van der Waals surface area contributed by atoms with E-state index in [0.29, 0.717) is 5.69 Å². The van der Waals surface area contributed by atoms with Gasteiger partial charge in [0.05, 0.1) is 12.7 Å². The molecule has 0 saturated carbocycles. The maximum atomic E-state index is 11.8. The van der Waals surface area contributed by atoms with Crippen LogP contribution in [0.25, 0.3) is 0 Å². The Morgan fingerprint density at radius 2 is 2.05 bits per heavy atom. The van der Waals surface area contributed by atoms with Gasteiger partial charge in [0.25, 0.3) is 0 Å². The number of rotatable bonds is 6. The lowest BCUT2D eigenvalue weighted by atomic mass is 10.2. The van der Waals surface area contributed by atoms with Gasteiger partial charge < -0.3 is 10.4 Å². The fourth-order valence-corrected chi connectivity index (χ4v) is 1.60. The fraction of sp³-hybridized carbons (Fsp3) is 0.600. The predicted molar refractivity (Wildman–Crippen MR) is 68.4 cm³/mol. The molecule has 1 rings (SSSR count). The normalized spacial score (nSPS) is 12.2. The molecule has 1 heterocycles. The number of nitrogens with one attached hydrogen (secondary N) is 1. The molecule has 0 aliphatic rings. The van der Waals surface area contributed by atoms with E-state index >= 15 is 0 Å². The Balaban J connectivity index is 2.66. The molecular weight excluding hydrogens is 288 g/mol.